The molecule has 0 bridgehead atoms. The second-order valence-electron chi connectivity index (χ2n) is 7.40. The molecule has 9 nitrogen and oxygen atoms in total. The lowest BCUT2D eigenvalue weighted by molar-refractivity contribution is 0.0995. The Morgan fingerprint density at radius 2 is 1.91 bits per heavy atom. The van der Waals surface area contributed by atoms with Crippen LogP contribution < -0.4 is 11.1 Å². The average molecular weight is 458 g/mol. The highest BCUT2D eigenvalue weighted by molar-refractivity contribution is 5.98. The highest BCUT2D eigenvalue weighted by Gasteiger charge is 2.19. The summed E-state index contributed by atoms with van der Waals surface area (Å²) in [6.07, 6.45) is 3.12. The van der Waals surface area contributed by atoms with E-state index in [-0.39, 0.29) is 23.2 Å². The minimum Gasteiger partial charge on any atom is -0.364 e. The quantitative estimate of drug-likeness (QED) is 0.340. The third-order valence-corrected chi connectivity index (χ3v) is 5.16. The minimum atomic E-state index is -0.862. The number of anilines is 2. The van der Waals surface area contributed by atoms with E-state index in [1.165, 1.54) is 12.3 Å². The molecule has 4 N–H and O–H groups in total. The Bertz CT molecular complexity index is 1570. The molecule has 1 amide bonds. The van der Waals surface area contributed by atoms with Gasteiger partial charge in [-0.05, 0) is 48.9 Å². The first-order valence-electron chi connectivity index (χ1n) is 10.1. The molecule has 5 aromatic rings. The number of nitrogens with two attached hydrogens (primary N) is 1. The number of nitrogens with one attached hydrogen (secondary N) is 2. The van der Waals surface area contributed by atoms with Gasteiger partial charge in [0.1, 0.15) is 11.5 Å². The number of H-pyrrole nitrogens is 1. The topological polar surface area (TPSA) is 135 Å². The monoisotopic (exact) mass is 458 g/mol. The molecular weight excluding hydrogens is 442 g/mol. The number of carbonyl (C=O) groups excluding carboxylic acids is 1. The zero-order valence-corrected chi connectivity index (χ0v) is 17.7. The maximum absolute atomic E-state index is 14.2. The van der Waals surface area contributed by atoms with Crippen LogP contribution in [-0.2, 0) is 0 Å². The summed E-state index contributed by atoms with van der Waals surface area (Å²) in [4.78, 5) is 28.8. The van der Waals surface area contributed by atoms with E-state index in [1.807, 2.05) is 19.1 Å². The molecule has 168 valence electrons. The fourth-order valence-electron chi connectivity index (χ4n) is 3.59. The number of aromatic amines is 1. The van der Waals surface area contributed by atoms with Crippen LogP contribution in [0, 0.1) is 18.7 Å². The molecule has 0 aliphatic rings. The Balaban J connectivity index is 1.69. The summed E-state index contributed by atoms with van der Waals surface area (Å²) in [6.45, 7) is 1.91. The number of rotatable bonds is 5. The number of halogens is 2. The molecule has 0 spiro atoms. The third kappa shape index (κ3) is 3.79. The highest BCUT2D eigenvalue weighted by Crippen LogP contribution is 2.33. The van der Waals surface area contributed by atoms with Gasteiger partial charge in [-0.1, -0.05) is 6.07 Å². The van der Waals surface area contributed by atoms with E-state index in [9.17, 15) is 13.6 Å². The predicted octanol–water partition coefficient (Wildman–Crippen LogP) is 3.91. The summed E-state index contributed by atoms with van der Waals surface area (Å²) in [5.41, 5.74) is 8.73. The molecule has 1 aromatic carbocycles. The Hall–Kier alpha value is -4.80. The number of fused-ring (bicyclic) bond motifs is 1. The largest absolute Gasteiger partial charge is 0.364 e. The van der Waals surface area contributed by atoms with Gasteiger partial charge in [-0.3, -0.25) is 9.89 Å². The normalized spacial score (nSPS) is 11.0. The first-order valence-corrected chi connectivity index (χ1v) is 10.1. The van der Waals surface area contributed by atoms with Gasteiger partial charge in [0.25, 0.3) is 5.91 Å². The van der Waals surface area contributed by atoms with Crippen molar-refractivity contribution < 1.29 is 13.6 Å². The Morgan fingerprint density at radius 3 is 2.74 bits per heavy atom. The SMILES string of the molecule is Cc1ccc2[nH]ncc2c1-c1cc(C(N)=O)nc(-c2cccnc2Nc2nc(F)ccc2F)n1. The molecule has 11 heteroatoms. The van der Waals surface area contributed by atoms with E-state index in [0.29, 0.717) is 11.3 Å². The van der Waals surface area contributed by atoms with E-state index >= 15 is 0 Å². The summed E-state index contributed by atoms with van der Waals surface area (Å²) >= 11 is 0. The molecule has 4 aromatic heterocycles. The molecule has 0 fully saturated rings. The lowest BCUT2D eigenvalue weighted by atomic mass is 10.0. The standard InChI is InChI=1S/C23H16F2N8O/c1-11-4-6-15-13(10-28-33-15)19(11)16-9-17(20(26)34)30-22(29-16)12-3-2-8-27-21(12)32-23-14(24)5-7-18(25)31-23/h2-10H,1H3,(H2,26,34)(H,28,33)(H,27,31,32). The Kier molecular flexibility index (Phi) is 5.13. The van der Waals surface area contributed by atoms with Crippen LogP contribution in [0.5, 0.6) is 0 Å². The molecule has 0 unspecified atom stereocenters. The zero-order chi connectivity index (χ0) is 23.8. The Labute approximate surface area is 191 Å². The number of aryl methyl sites for hydroxylation is 1. The minimum absolute atomic E-state index is 0.0234. The fraction of sp³-hybridized carbons (Fsp3) is 0.0435. The van der Waals surface area contributed by atoms with Crippen molar-refractivity contribution in [1.82, 2.24) is 30.1 Å². The molecule has 0 saturated heterocycles. The number of nitrogens with zero attached hydrogens (tertiary/aromatic N) is 5. The van der Waals surface area contributed by atoms with Crippen molar-refractivity contribution >= 4 is 28.4 Å². The molecule has 0 saturated carbocycles. The van der Waals surface area contributed by atoms with Crippen LogP contribution >= 0.6 is 0 Å². The van der Waals surface area contributed by atoms with Crippen molar-refractivity contribution in [2.75, 3.05) is 5.32 Å². The average Bonchev–Trinajstić information content (AvgIpc) is 3.30. The van der Waals surface area contributed by atoms with Crippen LogP contribution in [0.25, 0.3) is 33.5 Å². The second kappa shape index (κ2) is 8.28. The molecule has 34 heavy (non-hydrogen) atoms. The van der Waals surface area contributed by atoms with Gasteiger partial charge < -0.3 is 11.1 Å². The summed E-state index contributed by atoms with van der Waals surface area (Å²) in [5, 5.41) is 10.5. The number of benzene rings is 1. The molecule has 0 aliphatic heterocycles. The van der Waals surface area contributed by atoms with E-state index in [1.54, 1.807) is 18.3 Å². The van der Waals surface area contributed by atoms with Crippen LogP contribution in [0.4, 0.5) is 20.4 Å². The van der Waals surface area contributed by atoms with E-state index < -0.39 is 17.7 Å². The van der Waals surface area contributed by atoms with Gasteiger partial charge in [0.2, 0.25) is 5.95 Å². The third-order valence-electron chi connectivity index (χ3n) is 5.16. The lowest BCUT2D eigenvalue weighted by Crippen LogP contribution is -2.15. The molecule has 5 rings (SSSR count). The van der Waals surface area contributed by atoms with Crippen molar-refractivity contribution in [2.24, 2.45) is 5.73 Å². The maximum atomic E-state index is 14.2. The van der Waals surface area contributed by atoms with Crippen LogP contribution in [-0.4, -0.2) is 36.0 Å². The number of aromatic nitrogens is 6. The summed E-state index contributed by atoms with van der Waals surface area (Å²) in [6, 6.07) is 10.4. The number of hydrogen-bond donors (Lipinski definition) is 3. The maximum Gasteiger partial charge on any atom is 0.267 e. The molecule has 0 aliphatic carbocycles. The van der Waals surface area contributed by atoms with Crippen molar-refractivity contribution in [3.05, 3.63) is 77.9 Å². The predicted molar refractivity (Wildman–Crippen MR) is 121 cm³/mol. The van der Waals surface area contributed by atoms with Crippen molar-refractivity contribution in [1.29, 1.82) is 0 Å². The van der Waals surface area contributed by atoms with E-state index in [0.717, 1.165) is 34.2 Å². The lowest BCUT2D eigenvalue weighted by Gasteiger charge is -2.13. The molecule has 4 heterocycles. The summed E-state index contributed by atoms with van der Waals surface area (Å²) < 4.78 is 27.8. The van der Waals surface area contributed by atoms with Gasteiger partial charge in [-0.15, -0.1) is 0 Å². The van der Waals surface area contributed by atoms with E-state index in [4.69, 9.17) is 5.73 Å². The second-order valence-corrected chi connectivity index (χ2v) is 7.40. The first kappa shape index (κ1) is 21.1. The number of primary amides is 1. The highest BCUT2D eigenvalue weighted by atomic mass is 19.1. The smallest absolute Gasteiger partial charge is 0.267 e. The molecular formula is C23H16F2N8O. The van der Waals surface area contributed by atoms with Crippen molar-refractivity contribution in [2.45, 2.75) is 6.92 Å². The molecule has 0 radical (unpaired) electrons. The van der Waals surface area contributed by atoms with Crippen LogP contribution in [0.3, 0.4) is 0 Å². The number of amides is 1. The van der Waals surface area contributed by atoms with Crippen molar-refractivity contribution in [3.63, 3.8) is 0 Å². The zero-order valence-electron chi connectivity index (χ0n) is 17.7. The van der Waals surface area contributed by atoms with Gasteiger partial charge in [-0.25, -0.2) is 19.3 Å². The van der Waals surface area contributed by atoms with Gasteiger partial charge in [0, 0.05) is 17.1 Å². The summed E-state index contributed by atoms with van der Waals surface area (Å²) in [7, 11) is 0. The van der Waals surface area contributed by atoms with Crippen LogP contribution in [0.1, 0.15) is 16.1 Å². The van der Waals surface area contributed by atoms with Gasteiger partial charge in [0.05, 0.1) is 23.0 Å². The first-order chi connectivity index (χ1) is 16.4. The summed E-state index contributed by atoms with van der Waals surface area (Å²) in [5.74, 6) is -2.51. The number of hydrogen-bond acceptors (Lipinski definition) is 7. The Morgan fingerprint density at radius 1 is 1.06 bits per heavy atom. The van der Waals surface area contributed by atoms with Gasteiger partial charge in [-0.2, -0.15) is 14.5 Å². The number of carbonyl (C=O) groups is 1. The van der Waals surface area contributed by atoms with Gasteiger partial charge >= 0.3 is 0 Å². The van der Waals surface area contributed by atoms with Gasteiger partial charge in [0.15, 0.2) is 17.5 Å². The van der Waals surface area contributed by atoms with Crippen molar-refractivity contribution in [3.8, 4) is 22.6 Å². The fourth-order valence-corrected chi connectivity index (χ4v) is 3.59. The number of pyridine rings is 2. The van der Waals surface area contributed by atoms with E-state index in [2.05, 4.69) is 35.5 Å². The van der Waals surface area contributed by atoms with Crippen LogP contribution in [0.15, 0.2) is 54.9 Å². The molecule has 0 atom stereocenters. The van der Waals surface area contributed by atoms with Crippen LogP contribution in [0.2, 0.25) is 0 Å².